The third-order valence-corrected chi connectivity index (χ3v) is 6.06. The number of hydrogen-bond donors (Lipinski definition) is 1. The lowest BCUT2D eigenvalue weighted by Gasteiger charge is -2.19. The Kier molecular flexibility index (Phi) is 7.60. The summed E-state index contributed by atoms with van der Waals surface area (Å²) < 4.78 is 1.94. The van der Waals surface area contributed by atoms with Crippen LogP contribution in [0.25, 0.3) is 11.0 Å². The molecule has 0 atom stereocenters. The number of para-hydroxylation sites is 2. The molecule has 0 aliphatic carbocycles. The molecule has 2 amide bonds. The Balaban J connectivity index is 1.42. The van der Waals surface area contributed by atoms with E-state index in [0.717, 1.165) is 28.0 Å². The van der Waals surface area contributed by atoms with Gasteiger partial charge in [-0.25, -0.2) is 4.98 Å². The number of rotatable bonds is 9. The van der Waals surface area contributed by atoms with Crippen molar-refractivity contribution in [3.8, 4) is 0 Å². The van der Waals surface area contributed by atoms with Crippen molar-refractivity contribution < 1.29 is 9.59 Å². The van der Waals surface area contributed by atoms with Crippen LogP contribution < -0.4 is 5.32 Å². The zero-order valence-electron chi connectivity index (χ0n) is 19.1. The van der Waals surface area contributed by atoms with E-state index in [1.807, 2.05) is 84.4 Å². The van der Waals surface area contributed by atoms with Crippen LogP contribution in [0.2, 0.25) is 5.02 Å². The number of fused-ring (bicyclic) bond motifs is 1. The summed E-state index contributed by atoms with van der Waals surface area (Å²) in [6.45, 7) is 1.15. The quantitative estimate of drug-likeness (QED) is 0.394. The molecule has 0 spiro atoms. The average molecular weight is 475 g/mol. The van der Waals surface area contributed by atoms with Gasteiger partial charge in [-0.2, -0.15) is 0 Å². The van der Waals surface area contributed by atoms with Crippen molar-refractivity contribution in [3.05, 3.63) is 101 Å². The van der Waals surface area contributed by atoms with Gasteiger partial charge in [-0.1, -0.05) is 72.3 Å². The standard InChI is InChI=1S/C27H27ClN4O2/c1-31(18-20-9-3-2-4-10-20)27(34)19-32-24-14-8-7-13-23(24)30-25(32)15-16-29-26(33)17-21-11-5-6-12-22(21)28/h2-14H,15-19H2,1H3,(H,29,33). The van der Waals surface area contributed by atoms with E-state index in [2.05, 4.69) is 5.32 Å². The Bertz CT molecular complexity index is 1290. The monoisotopic (exact) mass is 474 g/mol. The molecule has 174 valence electrons. The van der Waals surface area contributed by atoms with Crippen LogP contribution in [0.5, 0.6) is 0 Å². The van der Waals surface area contributed by atoms with Gasteiger partial charge in [0.25, 0.3) is 0 Å². The summed E-state index contributed by atoms with van der Waals surface area (Å²) in [5.74, 6) is 0.658. The highest BCUT2D eigenvalue weighted by Crippen LogP contribution is 2.18. The van der Waals surface area contributed by atoms with Crippen molar-refractivity contribution in [2.75, 3.05) is 13.6 Å². The van der Waals surface area contributed by atoms with Crippen LogP contribution in [-0.2, 0) is 35.5 Å². The van der Waals surface area contributed by atoms with Crippen molar-refractivity contribution in [2.45, 2.75) is 25.9 Å². The van der Waals surface area contributed by atoms with Crippen molar-refractivity contribution >= 4 is 34.4 Å². The van der Waals surface area contributed by atoms with E-state index in [9.17, 15) is 9.59 Å². The Morgan fingerprint density at radius 3 is 2.47 bits per heavy atom. The summed E-state index contributed by atoms with van der Waals surface area (Å²) in [6, 6.07) is 25.0. The first-order valence-electron chi connectivity index (χ1n) is 11.2. The van der Waals surface area contributed by atoms with E-state index in [4.69, 9.17) is 16.6 Å². The number of benzene rings is 3. The van der Waals surface area contributed by atoms with Crippen LogP contribution in [0.15, 0.2) is 78.9 Å². The molecular formula is C27H27ClN4O2. The SMILES string of the molecule is CN(Cc1ccccc1)C(=O)Cn1c(CCNC(=O)Cc2ccccc2Cl)nc2ccccc21. The number of aromatic nitrogens is 2. The van der Waals surface area contributed by atoms with Crippen LogP contribution >= 0.6 is 11.6 Å². The number of carbonyl (C=O) groups excluding carboxylic acids is 2. The maximum atomic E-state index is 13.0. The number of nitrogens with zero attached hydrogens (tertiary/aromatic N) is 3. The molecular weight excluding hydrogens is 448 g/mol. The van der Waals surface area contributed by atoms with Crippen LogP contribution in [0.4, 0.5) is 0 Å². The second kappa shape index (κ2) is 11.0. The molecule has 1 N–H and O–H groups in total. The highest BCUT2D eigenvalue weighted by molar-refractivity contribution is 6.31. The van der Waals surface area contributed by atoms with E-state index in [-0.39, 0.29) is 24.8 Å². The van der Waals surface area contributed by atoms with E-state index in [1.54, 1.807) is 11.0 Å². The lowest BCUT2D eigenvalue weighted by atomic mass is 10.1. The number of amides is 2. The van der Waals surface area contributed by atoms with Gasteiger partial charge in [0.05, 0.1) is 17.5 Å². The zero-order valence-corrected chi connectivity index (χ0v) is 19.8. The molecule has 7 heteroatoms. The van der Waals surface area contributed by atoms with Gasteiger partial charge in [0.15, 0.2) is 0 Å². The number of imidazole rings is 1. The molecule has 0 saturated carbocycles. The van der Waals surface area contributed by atoms with E-state index in [1.165, 1.54) is 0 Å². The number of hydrogen-bond acceptors (Lipinski definition) is 3. The third-order valence-electron chi connectivity index (χ3n) is 5.69. The van der Waals surface area contributed by atoms with Crippen LogP contribution in [0, 0.1) is 0 Å². The smallest absolute Gasteiger partial charge is 0.242 e. The fourth-order valence-electron chi connectivity index (χ4n) is 3.89. The fourth-order valence-corrected chi connectivity index (χ4v) is 4.09. The maximum Gasteiger partial charge on any atom is 0.242 e. The van der Waals surface area contributed by atoms with Crippen molar-refractivity contribution in [1.82, 2.24) is 19.8 Å². The van der Waals surface area contributed by atoms with Gasteiger partial charge in [0.2, 0.25) is 11.8 Å². The molecule has 4 aromatic rings. The summed E-state index contributed by atoms with van der Waals surface area (Å²) in [5, 5.41) is 3.52. The van der Waals surface area contributed by atoms with E-state index >= 15 is 0 Å². The number of likely N-dealkylation sites (N-methyl/N-ethyl adjacent to an activating group) is 1. The molecule has 0 saturated heterocycles. The summed E-state index contributed by atoms with van der Waals surface area (Å²) in [7, 11) is 1.81. The summed E-state index contributed by atoms with van der Waals surface area (Å²) in [5.41, 5.74) is 3.61. The van der Waals surface area contributed by atoms with E-state index < -0.39 is 0 Å². The van der Waals surface area contributed by atoms with Crippen LogP contribution in [0.1, 0.15) is 17.0 Å². The Morgan fingerprint density at radius 2 is 1.68 bits per heavy atom. The minimum atomic E-state index is -0.102. The lowest BCUT2D eigenvalue weighted by Crippen LogP contribution is -2.31. The summed E-state index contributed by atoms with van der Waals surface area (Å²) in [4.78, 5) is 31.9. The first-order chi connectivity index (χ1) is 16.5. The summed E-state index contributed by atoms with van der Waals surface area (Å²) >= 11 is 6.16. The molecule has 0 radical (unpaired) electrons. The molecule has 3 aromatic carbocycles. The maximum absolute atomic E-state index is 13.0. The number of carbonyl (C=O) groups is 2. The number of nitrogens with one attached hydrogen (secondary N) is 1. The Hall–Kier alpha value is -3.64. The predicted molar refractivity (Wildman–Crippen MR) is 135 cm³/mol. The Morgan fingerprint density at radius 1 is 0.971 bits per heavy atom. The molecule has 34 heavy (non-hydrogen) atoms. The molecule has 1 aromatic heterocycles. The van der Waals surface area contributed by atoms with Crippen molar-refractivity contribution in [2.24, 2.45) is 0 Å². The van der Waals surface area contributed by atoms with Gasteiger partial charge in [-0.15, -0.1) is 0 Å². The van der Waals surface area contributed by atoms with Crippen LogP contribution in [0.3, 0.4) is 0 Å². The molecule has 4 rings (SSSR count). The Labute approximate surface area is 204 Å². The van der Waals surface area contributed by atoms with Gasteiger partial charge in [0.1, 0.15) is 12.4 Å². The van der Waals surface area contributed by atoms with Gasteiger partial charge >= 0.3 is 0 Å². The van der Waals surface area contributed by atoms with Gasteiger partial charge in [-0.05, 0) is 29.3 Å². The highest BCUT2D eigenvalue weighted by atomic mass is 35.5. The molecule has 6 nitrogen and oxygen atoms in total. The van der Waals surface area contributed by atoms with Crippen molar-refractivity contribution in [1.29, 1.82) is 0 Å². The number of halogens is 1. The molecule has 0 aliphatic heterocycles. The topological polar surface area (TPSA) is 67.2 Å². The van der Waals surface area contributed by atoms with Crippen molar-refractivity contribution in [3.63, 3.8) is 0 Å². The fraction of sp³-hybridized carbons (Fsp3) is 0.222. The highest BCUT2D eigenvalue weighted by Gasteiger charge is 2.17. The zero-order chi connectivity index (χ0) is 23.9. The summed E-state index contributed by atoms with van der Waals surface area (Å²) in [6.07, 6.45) is 0.734. The van der Waals surface area contributed by atoms with E-state index in [0.29, 0.717) is 24.5 Å². The normalized spacial score (nSPS) is 10.9. The molecule has 1 heterocycles. The average Bonchev–Trinajstić information content (AvgIpc) is 3.18. The molecule has 0 bridgehead atoms. The second-order valence-corrected chi connectivity index (χ2v) is 8.61. The van der Waals surface area contributed by atoms with Crippen LogP contribution in [-0.4, -0.2) is 39.9 Å². The minimum Gasteiger partial charge on any atom is -0.355 e. The predicted octanol–water partition coefficient (Wildman–Crippen LogP) is 4.25. The second-order valence-electron chi connectivity index (χ2n) is 8.21. The lowest BCUT2D eigenvalue weighted by molar-refractivity contribution is -0.131. The van der Waals surface area contributed by atoms with Gasteiger partial charge in [-0.3, -0.25) is 9.59 Å². The molecule has 0 aliphatic rings. The largest absolute Gasteiger partial charge is 0.355 e. The third kappa shape index (κ3) is 5.83. The first-order valence-corrected chi connectivity index (χ1v) is 11.6. The first kappa shape index (κ1) is 23.5. The van der Waals surface area contributed by atoms with Gasteiger partial charge in [0, 0.05) is 31.6 Å². The van der Waals surface area contributed by atoms with Gasteiger partial charge < -0.3 is 14.8 Å². The minimum absolute atomic E-state index is 0.00369. The molecule has 0 unspecified atom stereocenters. The molecule has 0 fully saturated rings.